The Labute approximate surface area is 89.4 Å². The van der Waals surface area contributed by atoms with E-state index in [2.05, 4.69) is 5.32 Å². The van der Waals surface area contributed by atoms with Crippen molar-refractivity contribution in [3.63, 3.8) is 0 Å². The number of carbonyl (C=O) groups excluding carboxylic acids is 1. The molecule has 0 bridgehead atoms. The van der Waals surface area contributed by atoms with Crippen LogP contribution in [0.5, 0.6) is 0 Å². The van der Waals surface area contributed by atoms with Crippen molar-refractivity contribution in [3.05, 3.63) is 35.9 Å². The molecule has 1 saturated heterocycles. The van der Waals surface area contributed by atoms with Gasteiger partial charge in [0.05, 0.1) is 12.6 Å². The lowest BCUT2D eigenvalue weighted by atomic mass is 10.0. The molecule has 0 aliphatic carbocycles. The van der Waals surface area contributed by atoms with E-state index in [0.29, 0.717) is 6.61 Å². The van der Waals surface area contributed by atoms with Gasteiger partial charge in [-0.05, 0) is 19.4 Å². The summed E-state index contributed by atoms with van der Waals surface area (Å²) in [5.41, 5.74) is 0.602. The van der Waals surface area contributed by atoms with Crippen LogP contribution < -0.4 is 5.32 Å². The highest BCUT2D eigenvalue weighted by molar-refractivity contribution is 5.85. The molecule has 15 heavy (non-hydrogen) atoms. The van der Waals surface area contributed by atoms with Crippen LogP contribution in [0.25, 0.3) is 0 Å². The summed E-state index contributed by atoms with van der Waals surface area (Å²) >= 11 is 0. The molecule has 1 aliphatic heterocycles. The number of esters is 1. The minimum absolute atomic E-state index is 0.0951. The van der Waals surface area contributed by atoms with Crippen molar-refractivity contribution >= 4 is 5.97 Å². The van der Waals surface area contributed by atoms with Gasteiger partial charge in [-0.3, -0.25) is 5.32 Å². The van der Waals surface area contributed by atoms with Crippen LogP contribution in [0.1, 0.15) is 25.5 Å². The number of ether oxygens (including phenoxy) is 1. The molecule has 1 aromatic rings. The Morgan fingerprint density at radius 1 is 1.47 bits per heavy atom. The fourth-order valence-electron chi connectivity index (χ4n) is 1.78. The number of rotatable bonds is 3. The zero-order chi connectivity index (χ0) is 10.9. The fraction of sp³-hybridized carbons (Fsp3) is 0.417. The lowest BCUT2D eigenvalue weighted by Crippen LogP contribution is -2.26. The Morgan fingerprint density at radius 2 is 2.13 bits per heavy atom. The van der Waals surface area contributed by atoms with Gasteiger partial charge in [0.15, 0.2) is 0 Å². The van der Waals surface area contributed by atoms with E-state index in [9.17, 15) is 4.79 Å². The minimum atomic E-state index is -0.530. The highest BCUT2D eigenvalue weighted by atomic mass is 16.5. The van der Waals surface area contributed by atoms with Gasteiger partial charge in [-0.15, -0.1) is 0 Å². The van der Waals surface area contributed by atoms with Crippen molar-refractivity contribution in [3.8, 4) is 0 Å². The highest BCUT2D eigenvalue weighted by Crippen LogP contribution is 2.41. The Bertz CT molecular complexity index is 363. The van der Waals surface area contributed by atoms with Crippen LogP contribution >= 0.6 is 0 Å². The van der Waals surface area contributed by atoms with Crippen LogP contribution in [0, 0.1) is 0 Å². The van der Waals surface area contributed by atoms with Crippen molar-refractivity contribution in [2.75, 3.05) is 6.61 Å². The SMILES string of the molecule is CCOC(=O)[C@]1(C)N[C@@H]1c1ccccc1. The Hall–Kier alpha value is -1.35. The molecule has 2 atom stereocenters. The van der Waals surface area contributed by atoms with Gasteiger partial charge < -0.3 is 4.74 Å². The van der Waals surface area contributed by atoms with Crippen LogP contribution in [0.3, 0.4) is 0 Å². The zero-order valence-electron chi connectivity index (χ0n) is 8.99. The second-order valence-electron chi connectivity index (χ2n) is 3.91. The Balaban J connectivity index is 2.09. The van der Waals surface area contributed by atoms with Gasteiger partial charge in [-0.25, -0.2) is 4.79 Å². The molecular formula is C12H15NO2. The molecular weight excluding hydrogens is 190 g/mol. The van der Waals surface area contributed by atoms with Gasteiger partial charge in [-0.2, -0.15) is 0 Å². The zero-order valence-corrected chi connectivity index (χ0v) is 8.99. The number of nitrogens with one attached hydrogen (secondary N) is 1. The molecule has 1 heterocycles. The maximum absolute atomic E-state index is 11.6. The molecule has 0 unspecified atom stereocenters. The third-order valence-electron chi connectivity index (χ3n) is 2.77. The number of hydrogen-bond donors (Lipinski definition) is 1. The quantitative estimate of drug-likeness (QED) is 0.603. The largest absolute Gasteiger partial charge is 0.465 e. The smallest absolute Gasteiger partial charge is 0.328 e. The topological polar surface area (TPSA) is 48.2 Å². The molecule has 0 amide bonds. The molecule has 0 aromatic heterocycles. The monoisotopic (exact) mass is 205 g/mol. The van der Waals surface area contributed by atoms with Gasteiger partial charge in [0, 0.05) is 0 Å². The minimum Gasteiger partial charge on any atom is -0.465 e. The average molecular weight is 205 g/mol. The molecule has 2 rings (SSSR count). The van der Waals surface area contributed by atoms with Gasteiger partial charge in [0.2, 0.25) is 0 Å². The summed E-state index contributed by atoms with van der Waals surface area (Å²) in [4.78, 5) is 11.6. The summed E-state index contributed by atoms with van der Waals surface area (Å²) in [7, 11) is 0. The summed E-state index contributed by atoms with van der Waals surface area (Å²) in [5.74, 6) is -0.168. The van der Waals surface area contributed by atoms with Crippen LogP contribution in [0.2, 0.25) is 0 Å². The number of hydrogen-bond acceptors (Lipinski definition) is 3. The van der Waals surface area contributed by atoms with Crippen LogP contribution in [-0.2, 0) is 9.53 Å². The first-order chi connectivity index (χ1) is 7.18. The molecule has 80 valence electrons. The van der Waals surface area contributed by atoms with Crippen molar-refractivity contribution in [2.24, 2.45) is 0 Å². The van der Waals surface area contributed by atoms with Crippen molar-refractivity contribution in [1.82, 2.24) is 5.32 Å². The summed E-state index contributed by atoms with van der Waals surface area (Å²) in [6.07, 6.45) is 0. The van der Waals surface area contributed by atoms with Crippen LogP contribution in [0.15, 0.2) is 30.3 Å². The third-order valence-corrected chi connectivity index (χ3v) is 2.77. The number of carbonyl (C=O) groups is 1. The molecule has 0 saturated carbocycles. The van der Waals surface area contributed by atoms with E-state index < -0.39 is 5.54 Å². The maximum atomic E-state index is 11.6. The molecule has 1 aliphatic rings. The van der Waals surface area contributed by atoms with E-state index in [0.717, 1.165) is 5.56 Å². The molecule has 1 N–H and O–H groups in total. The van der Waals surface area contributed by atoms with E-state index in [1.165, 1.54) is 0 Å². The van der Waals surface area contributed by atoms with E-state index in [1.54, 1.807) is 0 Å². The van der Waals surface area contributed by atoms with Crippen molar-refractivity contribution in [2.45, 2.75) is 25.4 Å². The van der Waals surface area contributed by atoms with Gasteiger partial charge in [-0.1, -0.05) is 30.3 Å². The standard InChI is InChI=1S/C12H15NO2/c1-3-15-11(14)12(2)10(13-12)9-7-5-4-6-8-9/h4-8,10,13H,3H2,1-2H3/t10-,12-/m1/s1. The average Bonchev–Trinajstić information content (AvgIpc) is 2.94. The van der Waals surface area contributed by atoms with E-state index in [1.807, 2.05) is 44.2 Å². The molecule has 0 spiro atoms. The van der Waals surface area contributed by atoms with Gasteiger partial charge in [0.25, 0.3) is 0 Å². The predicted octanol–water partition coefficient (Wildman–Crippen LogP) is 1.65. The second kappa shape index (κ2) is 3.66. The molecule has 3 nitrogen and oxygen atoms in total. The van der Waals surface area contributed by atoms with Crippen LogP contribution in [-0.4, -0.2) is 18.1 Å². The molecule has 1 fully saturated rings. The second-order valence-corrected chi connectivity index (χ2v) is 3.91. The maximum Gasteiger partial charge on any atom is 0.328 e. The fourth-order valence-corrected chi connectivity index (χ4v) is 1.78. The van der Waals surface area contributed by atoms with E-state index in [4.69, 9.17) is 4.74 Å². The number of benzene rings is 1. The first-order valence-corrected chi connectivity index (χ1v) is 5.18. The summed E-state index contributed by atoms with van der Waals surface area (Å²) < 4.78 is 5.02. The van der Waals surface area contributed by atoms with Crippen LogP contribution in [0.4, 0.5) is 0 Å². The predicted molar refractivity (Wildman–Crippen MR) is 57.4 cm³/mol. The highest BCUT2D eigenvalue weighted by Gasteiger charge is 2.57. The van der Waals surface area contributed by atoms with Crippen molar-refractivity contribution in [1.29, 1.82) is 0 Å². The third kappa shape index (κ3) is 1.75. The van der Waals surface area contributed by atoms with E-state index >= 15 is 0 Å². The normalized spacial score (nSPS) is 28.5. The summed E-state index contributed by atoms with van der Waals surface area (Å²) in [5, 5.41) is 3.17. The Kier molecular flexibility index (Phi) is 2.49. The lowest BCUT2D eigenvalue weighted by Gasteiger charge is -2.07. The molecule has 3 heteroatoms. The first-order valence-electron chi connectivity index (χ1n) is 5.18. The van der Waals surface area contributed by atoms with Gasteiger partial charge >= 0.3 is 5.97 Å². The lowest BCUT2D eigenvalue weighted by molar-refractivity contribution is -0.145. The molecule has 1 aromatic carbocycles. The Morgan fingerprint density at radius 3 is 2.73 bits per heavy atom. The van der Waals surface area contributed by atoms with Gasteiger partial charge in [0.1, 0.15) is 5.54 Å². The summed E-state index contributed by atoms with van der Waals surface area (Å²) in [6.45, 7) is 4.13. The van der Waals surface area contributed by atoms with E-state index in [-0.39, 0.29) is 12.0 Å². The molecule has 0 radical (unpaired) electrons. The first kappa shape index (κ1) is 10.2. The van der Waals surface area contributed by atoms with Crippen molar-refractivity contribution < 1.29 is 9.53 Å². The summed E-state index contributed by atoms with van der Waals surface area (Å²) in [6, 6.07) is 10.0.